The Morgan fingerprint density at radius 3 is 1.66 bits per heavy atom. The highest BCUT2D eigenvalue weighted by molar-refractivity contribution is 6.33. The molecule has 0 amide bonds. The minimum absolute atomic E-state index is 0. The lowest BCUT2D eigenvalue weighted by Gasteiger charge is -2.14. The van der Waals surface area contributed by atoms with Crippen LogP contribution in [0.1, 0.15) is 27.8 Å². The molecule has 0 spiro atoms. The number of benzene rings is 3. The van der Waals surface area contributed by atoms with Crippen molar-refractivity contribution in [3.63, 3.8) is 0 Å². The minimum Gasteiger partial charge on any atom is -1.00 e. The average molecular weight is 634 g/mol. The van der Waals surface area contributed by atoms with E-state index in [0.717, 1.165) is 27.6 Å². The first kappa shape index (κ1) is 39.1. The number of aliphatic hydroxyl groups excluding tert-OH is 1. The first-order chi connectivity index (χ1) is 20.0. The Morgan fingerprint density at radius 2 is 1.30 bits per heavy atom. The zero-order chi connectivity index (χ0) is 33.0. The predicted octanol–water partition coefficient (Wildman–Crippen LogP) is 4.79. The van der Waals surface area contributed by atoms with Crippen molar-refractivity contribution in [3.8, 4) is 0 Å². The number of fused-ring (bicyclic) bond motifs is 1. The first-order valence-corrected chi connectivity index (χ1v) is 11.6. The summed E-state index contributed by atoms with van der Waals surface area (Å²) >= 11 is 0. The Bertz CT molecular complexity index is 1520. The summed E-state index contributed by atoms with van der Waals surface area (Å²) in [6, 6.07) is 17.9. The SMILES string of the molecule is Cn1c(C(F)(F)F)[n+](C)c2ccccc21.FB(F)F.[C-]#[N+]c1ccc(C(O)C(F)(F)F)cc1.[C-]#[N+]c1ccc(C=O)cc1.[F-]. The molecule has 0 radical (unpaired) electrons. The number of alkyl halides is 6. The molecule has 1 N–H and O–H groups in total. The maximum atomic E-state index is 12.7. The van der Waals surface area contributed by atoms with Gasteiger partial charge < -0.3 is 9.81 Å². The number of aliphatic hydroxyl groups is 1. The van der Waals surface area contributed by atoms with E-state index >= 15 is 0 Å². The molecule has 1 unspecified atom stereocenters. The number of para-hydroxylation sites is 2. The Hall–Kier alpha value is -4.90. The van der Waals surface area contributed by atoms with Crippen LogP contribution in [0.5, 0.6) is 0 Å². The number of carbonyl (C=O) groups excluding carboxylic acids is 1. The van der Waals surface area contributed by atoms with Crippen LogP contribution in [0, 0.1) is 13.1 Å². The lowest BCUT2D eigenvalue weighted by molar-refractivity contribution is -0.667. The van der Waals surface area contributed by atoms with Gasteiger partial charge in [0.25, 0.3) is 0 Å². The van der Waals surface area contributed by atoms with Gasteiger partial charge in [-0.2, -0.15) is 26.3 Å². The molecule has 4 rings (SSSR count). The van der Waals surface area contributed by atoms with E-state index in [1.165, 1.54) is 26.2 Å². The van der Waals surface area contributed by atoms with Crippen LogP contribution >= 0.6 is 0 Å². The number of carbonyl (C=O) groups is 1. The van der Waals surface area contributed by atoms with E-state index in [-0.39, 0.29) is 16.0 Å². The molecule has 44 heavy (non-hydrogen) atoms. The molecule has 0 aliphatic heterocycles. The zero-order valence-corrected chi connectivity index (χ0v) is 22.6. The predicted molar refractivity (Wildman–Crippen MR) is 140 cm³/mol. The molecule has 6 nitrogen and oxygen atoms in total. The van der Waals surface area contributed by atoms with E-state index in [4.69, 9.17) is 18.3 Å². The van der Waals surface area contributed by atoms with Crippen LogP contribution in [0.25, 0.3) is 20.7 Å². The first-order valence-electron chi connectivity index (χ1n) is 11.6. The van der Waals surface area contributed by atoms with Gasteiger partial charge in [-0.05, 0) is 17.7 Å². The topological polar surface area (TPSA) is 54.8 Å². The van der Waals surface area contributed by atoms with Crippen LogP contribution in [-0.2, 0) is 20.3 Å². The molecule has 3 aromatic carbocycles. The fraction of sp³-hybridized carbons (Fsp3) is 0.185. The van der Waals surface area contributed by atoms with E-state index < -0.39 is 31.8 Å². The van der Waals surface area contributed by atoms with Gasteiger partial charge in [-0.15, -0.1) is 0 Å². The molecule has 1 aromatic heterocycles. The van der Waals surface area contributed by atoms with Crippen molar-refractivity contribution < 1.29 is 58.5 Å². The summed E-state index contributed by atoms with van der Waals surface area (Å²) in [5.41, 5.74) is 2.30. The van der Waals surface area contributed by atoms with Crippen molar-refractivity contribution in [2.24, 2.45) is 14.1 Å². The van der Waals surface area contributed by atoms with Crippen LogP contribution in [0.4, 0.5) is 50.7 Å². The van der Waals surface area contributed by atoms with Gasteiger partial charge >= 0.3 is 25.7 Å². The Morgan fingerprint density at radius 1 is 0.864 bits per heavy atom. The summed E-state index contributed by atoms with van der Waals surface area (Å²) in [5, 5.41) is 8.82. The molecule has 4 aromatic rings. The van der Waals surface area contributed by atoms with Gasteiger partial charge in [-0.1, -0.05) is 60.7 Å². The second-order valence-electron chi connectivity index (χ2n) is 8.14. The molecular formula is C27H21BF10N4O2. The number of nitrogens with zero attached hydrogens (tertiary/aromatic N) is 4. The van der Waals surface area contributed by atoms with Crippen molar-refractivity contribution in [3.05, 3.63) is 113 Å². The van der Waals surface area contributed by atoms with E-state index in [0.29, 0.717) is 22.3 Å². The van der Waals surface area contributed by atoms with Crippen LogP contribution in [0.3, 0.4) is 0 Å². The van der Waals surface area contributed by atoms with Gasteiger partial charge in [0.05, 0.1) is 27.2 Å². The van der Waals surface area contributed by atoms with Gasteiger partial charge in [-0.3, -0.25) is 17.7 Å². The van der Waals surface area contributed by atoms with Crippen molar-refractivity contribution in [2.75, 3.05) is 0 Å². The molecule has 0 aliphatic rings. The second kappa shape index (κ2) is 17.3. The highest BCUT2D eigenvalue weighted by atomic mass is 19.4. The van der Waals surface area contributed by atoms with E-state index in [1.807, 2.05) is 0 Å². The van der Waals surface area contributed by atoms with Crippen molar-refractivity contribution in [2.45, 2.75) is 18.5 Å². The van der Waals surface area contributed by atoms with Crippen molar-refractivity contribution in [1.29, 1.82) is 0 Å². The molecule has 1 heterocycles. The van der Waals surface area contributed by atoms with Crippen LogP contribution in [-0.4, -0.2) is 29.7 Å². The number of aryl methyl sites for hydroxylation is 2. The van der Waals surface area contributed by atoms with Crippen molar-refractivity contribution >= 4 is 36.2 Å². The average Bonchev–Trinajstić information content (AvgIpc) is 3.22. The maximum Gasteiger partial charge on any atom is 0.762 e. The third-order valence-corrected chi connectivity index (χ3v) is 5.30. The quantitative estimate of drug-likeness (QED) is 0.114. The molecule has 234 valence electrons. The Labute approximate surface area is 244 Å². The molecule has 0 saturated carbocycles. The lowest BCUT2D eigenvalue weighted by atomic mass is 10.1. The minimum atomic E-state index is -4.67. The summed E-state index contributed by atoms with van der Waals surface area (Å²) < 4.78 is 105. The van der Waals surface area contributed by atoms with Gasteiger partial charge in [0.1, 0.15) is 6.29 Å². The molecule has 0 fully saturated rings. The van der Waals surface area contributed by atoms with Gasteiger partial charge in [0, 0.05) is 5.56 Å². The van der Waals surface area contributed by atoms with Gasteiger partial charge in [-0.25, -0.2) is 18.8 Å². The number of aldehydes is 1. The van der Waals surface area contributed by atoms with E-state index in [2.05, 4.69) is 9.69 Å². The summed E-state index contributed by atoms with van der Waals surface area (Å²) in [6.07, 6.45) is -10.7. The summed E-state index contributed by atoms with van der Waals surface area (Å²) in [7, 11) is -0.823. The second-order valence-corrected chi connectivity index (χ2v) is 8.14. The lowest BCUT2D eigenvalue weighted by Crippen LogP contribution is -3.00. The maximum absolute atomic E-state index is 12.7. The molecular weight excluding hydrogens is 613 g/mol. The van der Waals surface area contributed by atoms with Crippen molar-refractivity contribution in [1.82, 2.24) is 4.57 Å². The van der Waals surface area contributed by atoms with E-state index in [9.17, 15) is 44.1 Å². The summed E-state index contributed by atoms with van der Waals surface area (Å²) in [5.74, 6) is -0.649. The monoisotopic (exact) mass is 634 g/mol. The molecule has 1 atom stereocenters. The van der Waals surface area contributed by atoms with Crippen LogP contribution in [0.2, 0.25) is 0 Å². The third kappa shape index (κ3) is 11.8. The summed E-state index contributed by atoms with van der Waals surface area (Å²) in [6.45, 7) is 13.2. The third-order valence-electron chi connectivity index (χ3n) is 5.30. The highest BCUT2D eigenvalue weighted by Crippen LogP contribution is 2.33. The number of aromatic nitrogens is 2. The number of rotatable bonds is 2. The summed E-state index contributed by atoms with van der Waals surface area (Å²) in [4.78, 5) is 16.3. The Balaban J connectivity index is 0.000000597. The number of halogens is 10. The number of hydrogen-bond donors (Lipinski definition) is 1. The fourth-order valence-corrected chi connectivity index (χ4v) is 3.41. The highest BCUT2D eigenvalue weighted by Gasteiger charge is 2.45. The van der Waals surface area contributed by atoms with Gasteiger partial charge in [0.2, 0.25) is 0 Å². The normalized spacial score (nSPS) is 11.0. The molecule has 0 saturated heterocycles. The molecule has 0 bridgehead atoms. The van der Waals surface area contributed by atoms with Gasteiger partial charge in [0.15, 0.2) is 28.5 Å². The number of imidazole rings is 1. The molecule has 0 aliphatic carbocycles. The zero-order valence-electron chi connectivity index (χ0n) is 22.6. The smallest absolute Gasteiger partial charge is 0.762 e. The largest absolute Gasteiger partial charge is 1.00 e. The standard InChI is InChI=1S/C10H10F3N2.C9H6F3NO.C8H5NO.BF3.FH/c1-14-7-5-3-4-6-8(7)15(2)9(14)10(11,12)13;1-13-7-4-2-6(3-5-7)8(14)9(10,11)12;1-9-8-4-2-7(6-10)3-5-8;2-1(3)4;/h3-6H,1-2H3;2-5,8,14H;2-6H;;1H/q+1;;;;/p-1. The van der Waals surface area contributed by atoms with E-state index in [1.54, 1.807) is 48.5 Å². The molecule has 17 heteroatoms. The fourth-order valence-electron chi connectivity index (χ4n) is 3.41. The Kier molecular flexibility index (Phi) is 15.4. The van der Waals surface area contributed by atoms with Crippen LogP contribution in [0.15, 0.2) is 72.8 Å². The number of hydrogen-bond acceptors (Lipinski definition) is 2. The van der Waals surface area contributed by atoms with Crippen LogP contribution < -0.4 is 9.27 Å².